The SMILES string of the molecule is CCCCCCCC/C=C\CCCCCCCC(=O)O.O=C(O)C1CCC2OC2C1.O=C(O)C1CCCCC1.O=C(O)C1CCCCC1.[CH2-]C12CCCCC1O2.[Cr]. The summed E-state index contributed by atoms with van der Waals surface area (Å²) < 4.78 is 10.5. The molecule has 57 heavy (non-hydrogen) atoms. The number of ether oxygens (including phenoxy) is 2. The summed E-state index contributed by atoms with van der Waals surface area (Å²) >= 11 is 0. The number of allylic oxidation sites excluding steroid dienone is 2. The first-order valence-electron chi connectivity index (χ1n) is 22.7. The number of epoxide rings is 2. The number of carboxylic acids is 4. The third kappa shape index (κ3) is 26.0. The number of fused-ring (bicyclic) bond motifs is 2. The Kier molecular flexibility index (Phi) is 29.7. The minimum Gasteiger partial charge on any atom is -0.481 e. The van der Waals surface area contributed by atoms with Crippen LogP contribution in [0.4, 0.5) is 0 Å². The Morgan fingerprint density at radius 1 is 0.579 bits per heavy atom. The van der Waals surface area contributed by atoms with Crippen molar-refractivity contribution in [2.24, 2.45) is 17.8 Å². The summed E-state index contributed by atoms with van der Waals surface area (Å²) in [5.41, 5.74) is 0.0955. The summed E-state index contributed by atoms with van der Waals surface area (Å²) in [6, 6.07) is 0. The van der Waals surface area contributed by atoms with E-state index >= 15 is 0 Å². The van der Waals surface area contributed by atoms with E-state index in [0.29, 0.717) is 18.6 Å². The van der Waals surface area contributed by atoms with Gasteiger partial charge in [-0.05, 0) is 89.1 Å². The Labute approximate surface area is 355 Å². The third-order valence-corrected chi connectivity index (χ3v) is 12.1. The van der Waals surface area contributed by atoms with E-state index in [9.17, 15) is 19.2 Å². The van der Waals surface area contributed by atoms with Crippen molar-refractivity contribution in [3.05, 3.63) is 19.1 Å². The van der Waals surface area contributed by atoms with Gasteiger partial charge in [0.05, 0.1) is 36.1 Å². The fraction of sp³-hybridized carbons (Fsp3) is 0.848. The molecule has 0 radical (unpaired) electrons. The van der Waals surface area contributed by atoms with E-state index in [2.05, 4.69) is 26.0 Å². The van der Waals surface area contributed by atoms with Gasteiger partial charge in [0, 0.05) is 23.8 Å². The van der Waals surface area contributed by atoms with Crippen molar-refractivity contribution in [1.29, 1.82) is 0 Å². The number of hydrogen-bond acceptors (Lipinski definition) is 6. The maximum absolute atomic E-state index is 10.5. The first kappa shape index (κ1) is 53.1. The summed E-state index contributed by atoms with van der Waals surface area (Å²) in [4.78, 5) is 41.5. The second-order valence-electron chi connectivity index (χ2n) is 17.1. The predicted molar refractivity (Wildman–Crippen MR) is 221 cm³/mol. The molecule has 5 unspecified atom stereocenters. The summed E-state index contributed by atoms with van der Waals surface area (Å²) in [6.45, 7) is 6.24. The van der Waals surface area contributed by atoms with E-state index in [4.69, 9.17) is 29.9 Å². The number of carboxylic acid groups (broad SMARTS) is 4. The Morgan fingerprint density at radius 2 is 1.05 bits per heavy atom. The van der Waals surface area contributed by atoms with E-state index in [1.165, 1.54) is 109 Å². The molecule has 4 saturated carbocycles. The zero-order chi connectivity index (χ0) is 41.0. The van der Waals surface area contributed by atoms with Gasteiger partial charge >= 0.3 is 23.9 Å². The maximum Gasteiger partial charge on any atom is 0.306 e. The van der Waals surface area contributed by atoms with Crippen LogP contribution in [0.15, 0.2) is 12.2 Å². The molecule has 5 atom stereocenters. The normalized spacial score (nSPS) is 26.0. The van der Waals surface area contributed by atoms with Gasteiger partial charge in [-0.3, -0.25) is 19.2 Å². The molecule has 11 heteroatoms. The monoisotopic (exact) mass is 844 g/mol. The van der Waals surface area contributed by atoms with Gasteiger partial charge in [0.15, 0.2) is 0 Å². The largest absolute Gasteiger partial charge is 0.481 e. The molecule has 330 valence electrons. The van der Waals surface area contributed by atoms with E-state index in [-0.39, 0.29) is 46.8 Å². The quantitative estimate of drug-likeness (QED) is 0.0450. The minimum atomic E-state index is -0.664. The molecule has 6 fully saturated rings. The van der Waals surface area contributed by atoms with Crippen molar-refractivity contribution in [3.8, 4) is 0 Å². The second-order valence-corrected chi connectivity index (χ2v) is 17.1. The number of hydrogen-bond donors (Lipinski definition) is 4. The topological polar surface area (TPSA) is 174 Å². The fourth-order valence-corrected chi connectivity index (χ4v) is 8.22. The van der Waals surface area contributed by atoms with Crippen molar-refractivity contribution in [2.75, 3.05) is 0 Å². The molecule has 0 amide bonds. The standard InChI is InChI=1S/C18H34O2.C7H10O3.2C7H12O2.C7H11O.Cr/c1-2-3-4-5-6-7-8-9-10-11-12-13-14-15-16-17-18(19)20;8-7(9)4-1-2-5-6(3-4)10-5;2*8-7(9)6-4-2-1-3-5-6;1-7-5-3-2-4-6(7)8-7;/h9-10H,2-8,11-17H2,1H3,(H,19,20);4-6H,1-3H2,(H,8,9);2*6H,1-5H2,(H,8,9);6H,1-5H2;/q;;;;-1;/b10-9-;;;;;. The molecule has 6 aliphatic rings. The molecule has 0 spiro atoms. The van der Waals surface area contributed by atoms with E-state index in [0.717, 1.165) is 83.5 Å². The van der Waals surface area contributed by atoms with Crippen LogP contribution >= 0.6 is 0 Å². The Balaban J connectivity index is 0.000000372. The van der Waals surface area contributed by atoms with Crippen LogP contribution in [0.1, 0.15) is 206 Å². The molecule has 4 N–H and O–H groups in total. The minimum absolute atomic E-state index is 0. The smallest absolute Gasteiger partial charge is 0.306 e. The van der Waals surface area contributed by atoms with Crippen molar-refractivity contribution in [3.63, 3.8) is 0 Å². The van der Waals surface area contributed by atoms with Gasteiger partial charge in [0.1, 0.15) is 0 Å². The molecule has 2 saturated heterocycles. The van der Waals surface area contributed by atoms with Gasteiger partial charge in [0.2, 0.25) is 0 Å². The van der Waals surface area contributed by atoms with Crippen LogP contribution < -0.4 is 0 Å². The Hall–Kier alpha value is -1.93. The summed E-state index contributed by atoms with van der Waals surface area (Å²) in [7, 11) is 0. The predicted octanol–water partition coefficient (Wildman–Crippen LogP) is 11.6. The molecule has 0 aromatic rings. The van der Waals surface area contributed by atoms with Crippen molar-refractivity contribution < 1.29 is 66.4 Å². The summed E-state index contributed by atoms with van der Waals surface area (Å²) in [5, 5.41) is 34.2. The van der Waals surface area contributed by atoms with Crippen LogP contribution in [-0.4, -0.2) is 68.2 Å². The number of aliphatic carboxylic acids is 4. The molecule has 10 nitrogen and oxygen atoms in total. The molecule has 0 bridgehead atoms. The number of carbonyl (C=O) groups is 4. The average molecular weight is 844 g/mol. The third-order valence-electron chi connectivity index (χ3n) is 12.1. The van der Waals surface area contributed by atoms with E-state index in [1.807, 2.05) is 0 Å². The van der Waals surface area contributed by atoms with Gasteiger partial charge in [-0.1, -0.05) is 128 Å². The van der Waals surface area contributed by atoms with Crippen LogP contribution in [0.2, 0.25) is 0 Å². The number of unbranched alkanes of at least 4 members (excludes halogenated alkanes) is 11. The van der Waals surface area contributed by atoms with Crippen LogP contribution in [0.3, 0.4) is 0 Å². The van der Waals surface area contributed by atoms with Crippen molar-refractivity contribution in [1.82, 2.24) is 0 Å². The second kappa shape index (κ2) is 31.9. The molecular weight excluding hydrogens is 764 g/mol. The molecular formula is C46H79CrO10-. The molecule has 0 aromatic carbocycles. The van der Waals surface area contributed by atoms with E-state index in [1.54, 1.807) is 0 Å². The van der Waals surface area contributed by atoms with Crippen LogP contribution in [0, 0.1) is 24.7 Å². The zero-order valence-corrected chi connectivity index (χ0v) is 36.7. The molecule has 4 aliphatic carbocycles. The first-order chi connectivity index (χ1) is 27.0. The maximum atomic E-state index is 10.5. The molecule has 2 aliphatic heterocycles. The Bertz CT molecular complexity index is 1090. The molecule has 0 aromatic heterocycles. The average Bonchev–Trinajstić information content (AvgIpc) is 4.12. The van der Waals surface area contributed by atoms with Crippen LogP contribution in [-0.2, 0) is 46.0 Å². The van der Waals surface area contributed by atoms with Gasteiger partial charge in [-0.15, -0.1) is 0 Å². The summed E-state index contributed by atoms with van der Waals surface area (Å²) in [5.74, 6) is -2.72. The van der Waals surface area contributed by atoms with E-state index < -0.39 is 23.9 Å². The van der Waals surface area contributed by atoms with Gasteiger partial charge in [-0.25, -0.2) is 0 Å². The van der Waals surface area contributed by atoms with Crippen LogP contribution in [0.25, 0.3) is 0 Å². The zero-order valence-electron chi connectivity index (χ0n) is 35.4. The van der Waals surface area contributed by atoms with Gasteiger partial charge in [-0.2, -0.15) is 0 Å². The first-order valence-corrected chi connectivity index (χ1v) is 22.7. The fourth-order valence-electron chi connectivity index (χ4n) is 8.22. The molecule has 2 heterocycles. The van der Waals surface area contributed by atoms with Crippen LogP contribution in [0.5, 0.6) is 0 Å². The van der Waals surface area contributed by atoms with Gasteiger partial charge in [0.25, 0.3) is 0 Å². The van der Waals surface area contributed by atoms with Crippen molar-refractivity contribution >= 4 is 23.9 Å². The summed E-state index contributed by atoms with van der Waals surface area (Å²) in [6.07, 6.45) is 40.6. The van der Waals surface area contributed by atoms with Crippen molar-refractivity contribution in [2.45, 2.75) is 230 Å². The number of rotatable bonds is 18. The molecule has 6 rings (SSSR count). The van der Waals surface area contributed by atoms with Gasteiger partial charge < -0.3 is 36.8 Å². The Morgan fingerprint density at radius 3 is 1.46 bits per heavy atom.